The fourth-order valence-corrected chi connectivity index (χ4v) is 1.79. The van der Waals surface area contributed by atoms with E-state index in [1.165, 1.54) is 4.90 Å². The second kappa shape index (κ2) is 6.85. The van der Waals surface area contributed by atoms with Crippen LogP contribution in [0.1, 0.15) is 5.56 Å². The Balaban J connectivity index is 2.42. The summed E-state index contributed by atoms with van der Waals surface area (Å²) < 4.78 is 7.28. The van der Waals surface area contributed by atoms with Crippen LogP contribution in [0.5, 0.6) is 0 Å². The Labute approximate surface area is 95.2 Å². The molecule has 0 heterocycles. The number of nitrogens with zero attached hydrogens (tertiary/aromatic N) is 1. The number of hydrogen-bond acceptors (Lipinski definition) is 4. The van der Waals surface area contributed by atoms with Gasteiger partial charge < -0.3 is 9.84 Å². The van der Waals surface area contributed by atoms with Gasteiger partial charge in [0.2, 0.25) is 0 Å². The minimum atomic E-state index is 0.0779. The molecule has 15 heavy (non-hydrogen) atoms. The predicted molar refractivity (Wildman–Crippen MR) is 62.7 cm³/mol. The van der Waals surface area contributed by atoms with Crippen molar-refractivity contribution in [2.24, 2.45) is 0 Å². The Bertz CT molecular complexity index is 274. The van der Waals surface area contributed by atoms with E-state index in [1.54, 1.807) is 11.9 Å². The van der Waals surface area contributed by atoms with Gasteiger partial charge in [-0.3, -0.25) is 4.31 Å². The van der Waals surface area contributed by atoms with Gasteiger partial charge in [0.1, 0.15) is 0 Å². The van der Waals surface area contributed by atoms with E-state index in [-0.39, 0.29) is 6.61 Å². The summed E-state index contributed by atoms with van der Waals surface area (Å²) >= 11 is 1.69. The smallest absolute Gasteiger partial charge is 0.0718 e. The lowest BCUT2D eigenvalue weighted by atomic mass is 10.2. The molecule has 0 aliphatic carbocycles. The van der Waals surface area contributed by atoms with Crippen LogP contribution in [0.2, 0.25) is 0 Å². The van der Waals surface area contributed by atoms with E-state index < -0.39 is 0 Å². The van der Waals surface area contributed by atoms with Gasteiger partial charge in [-0.15, -0.1) is 0 Å². The van der Waals surface area contributed by atoms with Crippen molar-refractivity contribution in [3.05, 3.63) is 29.8 Å². The van der Waals surface area contributed by atoms with Gasteiger partial charge in [0.05, 0.1) is 19.8 Å². The molecule has 1 rings (SSSR count). The monoisotopic (exact) mass is 227 g/mol. The molecule has 0 spiro atoms. The van der Waals surface area contributed by atoms with Gasteiger partial charge in [-0.25, -0.2) is 0 Å². The Morgan fingerprint density at radius 1 is 1.27 bits per heavy atom. The van der Waals surface area contributed by atoms with Crippen molar-refractivity contribution < 1.29 is 9.84 Å². The molecule has 84 valence electrons. The molecule has 0 unspecified atom stereocenters. The molecular formula is C11H17NO2S. The maximum Gasteiger partial charge on any atom is 0.0718 e. The van der Waals surface area contributed by atoms with E-state index in [4.69, 9.17) is 9.84 Å². The van der Waals surface area contributed by atoms with E-state index in [1.807, 2.05) is 26.2 Å². The summed E-state index contributed by atoms with van der Waals surface area (Å²) in [6.45, 7) is 1.04. The van der Waals surface area contributed by atoms with E-state index in [0.717, 1.165) is 5.56 Å². The third-order valence-electron chi connectivity index (χ3n) is 1.72. The first-order chi connectivity index (χ1) is 7.22. The van der Waals surface area contributed by atoms with Crippen LogP contribution in [0, 0.1) is 0 Å². The molecule has 1 aromatic rings. The highest BCUT2D eigenvalue weighted by Crippen LogP contribution is 2.19. The van der Waals surface area contributed by atoms with Gasteiger partial charge in [0.15, 0.2) is 0 Å². The molecule has 3 nitrogen and oxygen atoms in total. The third kappa shape index (κ3) is 5.18. The first-order valence-corrected chi connectivity index (χ1v) is 5.62. The van der Waals surface area contributed by atoms with Crippen molar-refractivity contribution in [2.75, 3.05) is 27.3 Å². The van der Waals surface area contributed by atoms with Crippen LogP contribution >= 0.6 is 11.9 Å². The van der Waals surface area contributed by atoms with Crippen LogP contribution in [0.25, 0.3) is 0 Å². The summed E-state index contributed by atoms with van der Waals surface area (Å²) in [5.41, 5.74) is 1.13. The molecular weight excluding hydrogens is 210 g/mol. The molecule has 0 bridgehead atoms. The summed E-state index contributed by atoms with van der Waals surface area (Å²) in [6, 6.07) is 8.23. The zero-order chi connectivity index (χ0) is 11.1. The molecule has 1 aromatic carbocycles. The SMILES string of the molecule is CN(C)Sc1ccc(COCCO)cc1. The van der Waals surface area contributed by atoms with Crippen LogP contribution < -0.4 is 0 Å². The van der Waals surface area contributed by atoms with Crippen LogP contribution in [0.15, 0.2) is 29.2 Å². The van der Waals surface area contributed by atoms with Gasteiger partial charge in [-0.05, 0) is 43.7 Å². The predicted octanol–water partition coefficient (Wildman–Crippen LogP) is 1.76. The summed E-state index contributed by atoms with van der Waals surface area (Å²) in [5.74, 6) is 0. The fraction of sp³-hybridized carbons (Fsp3) is 0.455. The number of aliphatic hydroxyl groups excluding tert-OH is 1. The highest BCUT2D eigenvalue weighted by Gasteiger charge is 1.97. The molecule has 0 aliphatic rings. The average Bonchev–Trinajstić information content (AvgIpc) is 2.20. The Morgan fingerprint density at radius 3 is 2.47 bits per heavy atom. The minimum Gasteiger partial charge on any atom is -0.394 e. The third-order valence-corrected chi connectivity index (χ3v) is 2.56. The van der Waals surface area contributed by atoms with Crippen molar-refractivity contribution in [2.45, 2.75) is 11.5 Å². The van der Waals surface area contributed by atoms with Gasteiger partial charge in [-0.1, -0.05) is 12.1 Å². The summed E-state index contributed by atoms with van der Waals surface area (Å²) in [7, 11) is 4.03. The number of hydrogen-bond donors (Lipinski definition) is 1. The Morgan fingerprint density at radius 2 is 1.93 bits per heavy atom. The summed E-state index contributed by atoms with van der Waals surface area (Å²) in [4.78, 5) is 1.21. The average molecular weight is 227 g/mol. The topological polar surface area (TPSA) is 32.7 Å². The number of rotatable bonds is 6. The van der Waals surface area contributed by atoms with Crippen LogP contribution in [0.3, 0.4) is 0 Å². The fourth-order valence-electron chi connectivity index (χ4n) is 1.11. The molecule has 0 saturated heterocycles. The van der Waals surface area contributed by atoms with E-state index in [9.17, 15) is 0 Å². The Hall–Kier alpha value is -0.550. The molecule has 0 aromatic heterocycles. The highest BCUT2D eigenvalue weighted by atomic mass is 32.2. The van der Waals surface area contributed by atoms with Crippen molar-refractivity contribution in [3.8, 4) is 0 Å². The van der Waals surface area contributed by atoms with E-state index in [2.05, 4.69) is 16.4 Å². The second-order valence-corrected chi connectivity index (χ2v) is 4.71. The lowest BCUT2D eigenvalue weighted by Gasteiger charge is -2.08. The summed E-state index contributed by atoms with van der Waals surface area (Å²) in [5, 5.41) is 8.55. The maximum atomic E-state index is 8.55. The molecule has 1 N–H and O–H groups in total. The van der Waals surface area contributed by atoms with Crippen molar-refractivity contribution in [1.82, 2.24) is 4.31 Å². The molecule has 0 aliphatic heterocycles. The van der Waals surface area contributed by atoms with E-state index >= 15 is 0 Å². The summed E-state index contributed by atoms with van der Waals surface area (Å²) in [6.07, 6.45) is 0. The van der Waals surface area contributed by atoms with Crippen molar-refractivity contribution in [3.63, 3.8) is 0 Å². The highest BCUT2D eigenvalue weighted by molar-refractivity contribution is 7.97. The molecule has 4 heteroatoms. The molecule has 0 radical (unpaired) electrons. The van der Waals surface area contributed by atoms with Gasteiger partial charge in [0.25, 0.3) is 0 Å². The first kappa shape index (κ1) is 12.5. The van der Waals surface area contributed by atoms with Crippen molar-refractivity contribution >= 4 is 11.9 Å². The molecule has 0 fully saturated rings. The normalized spacial score (nSPS) is 10.9. The van der Waals surface area contributed by atoms with Crippen molar-refractivity contribution in [1.29, 1.82) is 0 Å². The second-order valence-electron chi connectivity index (χ2n) is 3.32. The Kier molecular flexibility index (Phi) is 5.71. The maximum absolute atomic E-state index is 8.55. The van der Waals surface area contributed by atoms with Gasteiger partial charge in [-0.2, -0.15) is 0 Å². The zero-order valence-electron chi connectivity index (χ0n) is 9.14. The molecule has 0 amide bonds. The van der Waals surface area contributed by atoms with Gasteiger partial charge in [0, 0.05) is 4.90 Å². The molecule has 0 saturated carbocycles. The first-order valence-electron chi connectivity index (χ1n) is 4.85. The lowest BCUT2D eigenvalue weighted by molar-refractivity contribution is 0.0815. The lowest BCUT2D eigenvalue weighted by Crippen LogP contribution is -2.00. The number of aliphatic hydroxyl groups is 1. The number of benzene rings is 1. The number of ether oxygens (including phenoxy) is 1. The quantitative estimate of drug-likeness (QED) is 0.593. The zero-order valence-corrected chi connectivity index (χ0v) is 9.96. The van der Waals surface area contributed by atoms with Crippen LogP contribution in [0.4, 0.5) is 0 Å². The minimum absolute atomic E-state index is 0.0779. The van der Waals surface area contributed by atoms with Gasteiger partial charge >= 0.3 is 0 Å². The largest absolute Gasteiger partial charge is 0.394 e. The standard InChI is InChI=1S/C11H17NO2S/c1-12(2)15-11-5-3-10(4-6-11)9-14-8-7-13/h3-6,13H,7-9H2,1-2H3. The van der Waals surface area contributed by atoms with Crippen LogP contribution in [-0.2, 0) is 11.3 Å². The van der Waals surface area contributed by atoms with E-state index in [0.29, 0.717) is 13.2 Å². The molecule has 0 atom stereocenters. The van der Waals surface area contributed by atoms with Crippen LogP contribution in [-0.4, -0.2) is 36.7 Å².